The highest BCUT2D eigenvalue weighted by Crippen LogP contribution is 2.33. The van der Waals surface area contributed by atoms with Crippen molar-refractivity contribution in [3.05, 3.63) is 90.0 Å². The summed E-state index contributed by atoms with van der Waals surface area (Å²) in [7, 11) is 0. The molecule has 2 aromatic carbocycles. The lowest BCUT2D eigenvalue weighted by Crippen LogP contribution is -2.29. The van der Waals surface area contributed by atoms with Crippen LogP contribution >= 0.6 is 0 Å². The molecule has 1 heterocycles. The zero-order valence-corrected chi connectivity index (χ0v) is 12.4. The zero-order chi connectivity index (χ0) is 16.3. The lowest BCUT2D eigenvalue weighted by molar-refractivity contribution is 0.0659. The highest BCUT2D eigenvalue weighted by molar-refractivity contribution is 5.36. The SMILES string of the molecule is OC(CCn1ccnc1)(c1ccc(F)cc1)c1ccc(F)cc1. The first kappa shape index (κ1) is 15.4. The van der Waals surface area contributed by atoms with Crippen LogP contribution in [0.5, 0.6) is 0 Å². The number of rotatable bonds is 5. The van der Waals surface area contributed by atoms with Crippen LogP contribution in [-0.2, 0) is 12.1 Å². The van der Waals surface area contributed by atoms with E-state index in [-0.39, 0.29) is 11.6 Å². The Kier molecular flexibility index (Phi) is 4.21. The monoisotopic (exact) mass is 314 g/mol. The van der Waals surface area contributed by atoms with Gasteiger partial charge in [-0.05, 0) is 35.4 Å². The van der Waals surface area contributed by atoms with Gasteiger partial charge >= 0.3 is 0 Å². The predicted molar refractivity (Wildman–Crippen MR) is 82.6 cm³/mol. The molecule has 0 unspecified atom stereocenters. The summed E-state index contributed by atoms with van der Waals surface area (Å²) in [6.07, 6.45) is 5.47. The summed E-state index contributed by atoms with van der Waals surface area (Å²) >= 11 is 0. The highest BCUT2D eigenvalue weighted by Gasteiger charge is 2.31. The average molecular weight is 314 g/mol. The first-order valence-corrected chi connectivity index (χ1v) is 7.28. The van der Waals surface area contributed by atoms with Crippen molar-refractivity contribution in [1.82, 2.24) is 9.55 Å². The van der Waals surface area contributed by atoms with Crippen molar-refractivity contribution in [3.8, 4) is 0 Å². The Morgan fingerprint density at radius 2 is 1.43 bits per heavy atom. The fraction of sp³-hybridized carbons (Fsp3) is 0.167. The topological polar surface area (TPSA) is 38.0 Å². The third kappa shape index (κ3) is 3.29. The summed E-state index contributed by atoms with van der Waals surface area (Å²) in [5.41, 5.74) is -0.220. The molecule has 0 saturated carbocycles. The Balaban J connectivity index is 1.97. The Labute approximate surface area is 132 Å². The molecule has 3 rings (SSSR count). The van der Waals surface area contributed by atoms with Crippen molar-refractivity contribution in [1.29, 1.82) is 0 Å². The highest BCUT2D eigenvalue weighted by atomic mass is 19.1. The summed E-state index contributed by atoms with van der Waals surface area (Å²) in [6.45, 7) is 0.519. The maximum atomic E-state index is 13.2. The third-order valence-electron chi connectivity index (χ3n) is 3.93. The number of benzene rings is 2. The van der Waals surface area contributed by atoms with Gasteiger partial charge in [-0.3, -0.25) is 0 Å². The van der Waals surface area contributed by atoms with E-state index in [1.807, 2.05) is 4.57 Å². The third-order valence-corrected chi connectivity index (χ3v) is 3.93. The van der Waals surface area contributed by atoms with E-state index >= 15 is 0 Å². The molecule has 0 aliphatic heterocycles. The van der Waals surface area contributed by atoms with E-state index in [0.29, 0.717) is 24.1 Å². The molecular weight excluding hydrogens is 298 g/mol. The molecule has 118 valence electrons. The Hall–Kier alpha value is -2.53. The van der Waals surface area contributed by atoms with Gasteiger partial charge in [-0.15, -0.1) is 0 Å². The molecular formula is C18H16F2N2O. The smallest absolute Gasteiger partial charge is 0.123 e. The molecule has 3 nitrogen and oxygen atoms in total. The van der Waals surface area contributed by atoms with E-state index < -0.39 is 5.60 Å². The maximum absolute atomic E-state index is 13.2. The van der Waals surface area contributed by atoms with Crippen molar-refractivity contribution in [3.63, 3.8) is 0 Å². The van der Waals surface area contributed by atoms with Crippen molar-refractivity contribution in [2.24, 2.45) is 0 Å². The number of aryl methyl sites for hydroxylation is 1. The molecule has 0 radical (unpaired) electrons. The van der Waals surface area contributed by atoms with Crippen LogP contribution in [-0.4, -0.2) is 14.7 Å². The van der Waals surface area contributed by atoms with E-state index in [9.17, 15) is 13.9 Å². The second-order valence-electron chi connectivity index (χ2n) is 5.42. The molecule has 0 aliphatic rings. The predicted octanol–water partition coefficient (Wildman–Crippen LogP) is 3.49. The van der Waals surface area contributed by atoms with Gasteiger partial charge in [0.15, 0.2) is 0 Å². The van der Waals surface area contributed by atoms with Crippen molar-refractivity contribution >= 4 is 0 Å². The minimum atomic E-state index is -1.34. The van der Waals surface area contributed by atoms with Gasteiger partial charge in [0.25, 0.3) is 0 Å². The average Bonchev–Trinajstić information content (AvgIpc) is 3.07. The fourth-order valence-electron chi connectivity index (χ4n) is 2.62. The molecule has 0 saturated heterocycles. The van der Waals surface area contributed by atoms with E-state index in [1.54, 1.807) is 43.0 Å². The van der Waals surface area contributed by atoms with E-state index in [1.165, 1.54) is 24.3 Å². The second-order valence-corrected chi connectivity index (χ2v) is 5.42. The van der Waals surface area contributed by atoms with Crippen LogP contribution in [0.3, 0.4) is 0 Å². The van der Waals surface area contributed by atoms with Gasteiger partial charge in [-0.2, -0.15) is 0 Å². The van der Waals surface area contributed by atoms with Crippen LogP contribution in [0, 0.1) is 11.6 Å². The van der Waals surface area contributed by atoms with Crippen molar-refractivity contribution in [2.45, 2.75) is 18.6 Å². The molecule has 3 aromatic rings. The van der Waals surface area contributed by atoms with Crippen LogP contribution in [0.15, 0.2) is 67.3 Å². The van der Waals surface area contributed by atoms with Crippen molar-refractivity contribution in [2.75, 3.05) is 0 Å². The van der Waals surface area contributed by atoms with Crippen LogP contribution in [0.2, 0.25) is 0 Å². The first-order valence-electron chi connectivity index (χ1n) is 7.28. The molecule has 0 amide bonds. The Morgan fingerprint density at radius 3 is 1.87 bits per heavy atom. The van der Waals surface area contributed by atoms with Crippen LogP contribution in [0.1, 0.15) is 17.5 Å². The minimum absolute atomic E-state index is 0.348. The normalized spacial score (nSPS) is 11.6. The minimum Gasteiger partial charge on any atom is -0.380 e. The summed E-state index contributed by atoms with van der Waals surface area (Å²) in [6, 6.07) is 11.4. The largest absolute Gasteiger partial charge is 0.380 e. The molecule has 0 spiro atoms. The lowest BCUT2D eigenvalue weighted by atomic mass is 9.83. The van der Waals surface area contributed by atoms with E-state index in [4.69, 9.17) is 0 Å². The summed E-state index contributed by atoms with van der Waals surface area (Å²) in [4.78, 5) is 3.97. The van der Waals surface area contributed by atoms with Crippen LogP contribution in [0.25, 0.3) is 0 Å². The molecule has 5 heteroatoms. The number of hydrogen-bond acceptors (Lipinski definition) is 2. The molecule has 0 bridgehead atoms. The molecule has 23 heavy (non-hydrogen) atoms. The van der Waals surface area contributed by atoms with Gasteiger partial charge in [-0.25, -0.2) is 13.8 Å². The molecule has 0 atom stereocenters. The number of aromatic nitrogens is 2. The maximum Gasteiger partial charge on any atom is 0.123 e. The fourth-order valence-corrected chi connectivity index (χ4v) is 2.62. The molecule has 1 N–H and O–H groups in total. The zero-order valence-electron chi connectivity index (χ0n) is 12.4. The van der Waals surface area contributed by atoms with Crippen LogP contribution in [0.4, 0.5) is 8.78 Å². The second kappa shape index (κ2) is 6.30. The van der Waals surface area contributed by atoms with Gasteiger partial charge < -0.3 is 9.67 Å². The number of imidazole rings is 1. The summed E-state index contributed by atoms with van der Waals surface area (Å²) in [5, 5.41) is 11.3. The van der Waals surface area contributed by atoms with E-state index in [0.717, 1.165) is 0 Å². The summed E-state index contributed by atoms with van der Waals surface area (Å²) < 4.78 is 28.2. The molecule has 1 aromatic heterocycles. The lowest BCUT2D eigenvalue weighted by Gasteiger charge is -2.29. The molecule has 0 aliphatic carbocycles. The number of hydrogen-bond donors (Lipinski definition) is 1. The first-order chi connectivity index (χ1) is 11.1. The molecule has 0 fully saturated rings. The standard InChI is InChI=1S/C18H16F2N2O/c19-16-5-1-14(2-6-16)18(23,9-11-22-12-10-21-13-22)15-3-7-17(20)8-4-15/h1-8,10,12-13,23H,9,11H2. The number of halogens is 2. The van der Waals surface area contributed by atoms with Gasteiger partial charge in [0.05, 0.1) is 6.33 Å². The van der Waals surface area contributed by atoms with Gasteiger partial charge in [0, 0.05) is 25.4 Å². The van der Waals surface area contributed by atoms with E-state index in [2.05, 4.69) is 4.98 Å². The van der Waals surface area contributed by atoms with Gasteiger partial charge in [0.1, 0.15) is 17.2 Å². The quantitative estimate of drug-likeness (QED) is 0.783. The Morgan fingerprint density at radius 1 is 0.913 bits per heavy atom. The van der Waals surface area contributed by atoms with Crippen LogP contribution < -0.4 is 0 Å². The summed E-state index contributed by atoms with van der Waals surface area (Å²) in [5.74, 6) is -0.741. The van der Waals surface area contributed by atoms with Gasteiger partial charge in [-0.1, -0.05) is 24.3 Å². The van der Waals surface area contributed by atoms with Crippen molar-refractivity contribution < 1.29 is 13.9 Å². The number of aliphatic hydroxyl groups is 1. The Bertz CT molecular complexity index is 707. The number of nitrogens with zero attached hydrogens (tertiary/aromatic N) is 2. The van der Waals surface area contributed by atoms with Gasteiger partial charge in [0.2, 0.25) is 0 Å².